The molecule has 0 fully saturated rings. The fraction of sp³-hybridized carbons (Fsp3) is 0.909. The van der Waals surface area contributed by atoms with Gasteiger partial charge in [-0.1, -0.05) is 44.9 Å². The number of hydrogen-bond donors (Lipinski definition) is 0. The number of amides is 1. The number of alkyl halides is 4. The summed E-state index contributed by atoms with van der Waals surface area (Å²) >= 11 is 0.621. The first-order chi connectivity index (χ1) is 8.37. The van der Waals surface area contributed by atoms with Crippen LogP contribution in [-0.2, 0) is 0 Å². The monoisotopic (exact) mass is 289 g/mol. The standard InChI is InChI=1S/C11H19F4NOS/c1-3-5-6-7-8-16(10(17)18-4-2)11(14,15)9(12)13/h9H,3-8H2,1-2H3. The SMILES string of the molecule is CCCCCCN(C(=O)SCC)C(F)(F)C(F)F. The van der Waals surface area contributed by atoms with Crippen LogP contribution in [0.1, 0.15) is 39.5 Å². The highest BCUT2D eigenvalue weighted by molar-refractivity contribution is 8.13. The van der Waals surface area contributed by atoms with Crippen LogP contribution in [0.3, 0.4) is 0 Å². The van der Waals surface area contributed by atoms with Crippen molar-refractivity contribution in [1.29, 1.82) is 0 Å². The van der Waals surface area contributed by atoms with Gasteiger partial charge in [-0.25, -0.2) is 8.78 Å². The van der Waals surface area contributed by atoms with Gasteiger partial charge in [-0.15, -0.1) is 0 Å². The molecular weight excluding hydrogens is 270 g/mol. The van der Waals surface area contributed by atoms with Gasteiger partial charge in [0.1, 0.15) is 0 Å². The lowest BCUT2D eigenvalue weighted by atomic mass is 10.2. The molecule has 7 heteroatoms. The van der Waals surface area contributed by atoms with Crippen LogP contribution >= 0.6 is 11.8 Å². The molecule has 0 rings (SSSR count). The Balaban J connectivity index is 4.57. The van der Waals surface area contributed by atoms with E-state index >= 15 is 0 Å². The van der Waals surface area contributed by atoms with Crippen LogP contribution in [-0.4, -0.2) is 34.9 Å². The smallest absolute Gasteiger partial charge is 0.269 e. The number of nitrogens with zero attached hydrogens (tertiary/aromatic N) is 1. The Morgan fingerprint density at radius 3 is 2.28 bits per heavy atom. The number of carbonyl (C=O) groups is 1. The third-order valence-corrected chi connectivity index (χ3v) is 3.10. The van der Waals surface area contributed by atoms with E-state index in [4.69, 9.17) is 0 Å². The molecule has 108 valence electrons. The summed E-state index contributed by atoms with van der Waals surface area (Å²) in [5, 5.41) is -0.987. The van der Waals surface area contributed by atoms with E-state index in [0.717, 1.165) is 12.8 Å². The molecule has 0 aliphatic carbocycles. The molecule has 0 aromatic rings. The number of halogens is 4. The first-order valence-electron chi connectivity index (χ1n) is 5.98. The molecule has 0 atom stereocenters. The highest BCUT2D eigenvalue weighted by atomic mass is 32.2. The molecule has 0 spiro atoms. The molecule has 0 bridgehead atoms. The van der Waals surface area contributed by atoms with Crippen LogP contribution in [0.4, 0.5) is 22.4 Å². The van der Waals surface area contributed by atoms with Gasteiger partial charge in [-0.05, 0) is 12.2 Å². The predicted molar refractivity (Wildman–Crippen MR) is 65.3 cm³/mol. The average Bonchev–Trinajstić information content (AvgIpc) is 2.28. The van der Waals surface area contributed by atoms with Crippen LogP contribution < -0.4 is 0 Å². The number of thioether (sulfide) groups is 1. The second kappa shape index (κ2) is 8.61. The second-order valence-corrected chi connectivity index (χ2v) is 5.01. The van der Waals surface area contributed by atoms with E-state index in [1.54, 1.807) is 6.92 Å². The summed E-state index contributed by atoms with van der Waals surface area (Å²) < 4.78 is 51.0. The molecule has 1 amide bonds. The largest absolute Gasteiger partial charge is 0.388 e. The van der Waals surface area contributed by atoms with Gasteiger partial charge in [0, 0.05) is 6.54 Å². The Bertz CT molecular complexity index is 251. The van der Waals surface area contributed by atoms with Crippen molar-refractivity contribution in [2.45, 2.75) is 52.0 Å². The number of rotatable bonds is 8. The van der Waals surface area contributed by atoms with Crippen molar-refractivity contribution in [3.8, 4) is 0 Å². The zero-order valence-corrected chi connectivity index (χ0v) is 11.4. The lowest BCUT2D eigenvalue weighted by Crippen LogP contribution is -2.49. The van der Waals surface area contributed by atoms with Crippen LogP contribution in [0.15, 0.2) is 0 Å². The Kier molecular flexibility index (Phi) is 8.39. The van der Waals surface area contributed by atoms with Crippen molar-refractivity contribution >= 4 is 17.0 Å². The maximum atomic E-state index is 13.2. The second-order valence-electron chi connectivity index (χ2n) is 3.80. The van der Waals surface area contributed by atoms with E-state index in [9.17, 15) is 22.4 Å². The minimum Gasteiger partial charge on any atom is -0.269 e. The summed E-state index contributed by atoms with van der Waals surface area (Å²) in [4.78, 5) is 11.4. The predicted octanol–water partition coefficient (Wildman–Crippen LogP) is 4.60. The maximum absolute atomic E-state index is 13.2. The normalized spacial score (nSPS) is 11.9. The molecule has 0 unspecified atom stereocenters. The van der Waals surface area contributed by atoms with Crippen molar-refractivity contribution in [2.24, 2.45) is 0 Å². The van der Waals surface area contributed by atoms with Crippen LogP contribution in [0, 0.1) is 0 Å². The summed E-state index contributed by atoms with van der Waals surface area (Å²) in [5.41, 5.74) is 0. The fourth-order valence-corrected chi connectivity index (χ4v) is 1.99. The molecule has 0 N–H and O–H groups in total. The van der Waals surface area contributed by atoms with E-state index in [1.807, 2.05) is 6.92 Å². The Morgan fingerprint density at radius 1 is 1.22 bits per heavy atom. The zero-order valence-electron chi connectivity index (χ0n) is 10.6. The van der Waals surface area contributed by atoms with Gasteiger partial charge in [0.25, 0.3) is 5.24 Å². The summed E-state index contributed by atoms with van der Waals surface area (Å²) in [6.07, 6.45) is -1.15. The summed E-state index contributed by atoms with van der Waals surface area (Å²) in [7, 11) is 0. The van der Waals surface area contributed by atoms with E-state index in [-0.39, 0.29) is 17.2 Å². The summed E-state index contributed by atoms with van der Waals surface area (Å²) in [6, 6.07) is -4.38. The van der Waals surface area contributed by atoms with E-state index in [0.29, 0.717) is 24.6 Å². The van der Waals surface area contributed by atoms with Gasteiger partial charge in [0.05, 0.1) is 0 Å². The van der Waals surface area contributed by atoms with Crippen molar-refractivity contribution in [2.75, 3.05) is 12.3 Å². The van der Waals surface area contributed by atoms with Crippen molar-refractivity contribution in [1.82, 2.24) is 4.90 Å². The lowest BCUT2D eigenvalue weighted by Gasteiger charge is -2.30. The molecule has 0 aromatic carbocycles. The topological polar surface area (TPSA) is 20.3 Å². The third kappa shape index (κ3) is 5.46. The number of carbonyl (C=O) groups excluding carboxylic acids is 1. The minimum atomic E-state index is -4.38. The number of hydrogen-bond acceptors (Lipinski definition) is 2. The van der Waals surface area contributed by atoms with E-state index in [2.05, 4.69) is 0 Å². The molecule has 0 saturated heterocycles. The fourth-order valence-electron chi connectivity index (χ4n) is 1.38. The quantitative estimate of drug-likeness (QED) is 0.370. The number of unbranched alkanes of at least 4 members (excludes halogenated alkanes) is 3. The van der Waals surface area contributed by atoms with Crippen LogP contribution in [0.25, 0.3) is 0 Å². The zero-order chi connectivity index (χ0) is 14.2. The lowest BCUT2D eigenvalue weighted by molar-refractivity contribution is -0.205. The van der Waals surface area contributed by atoms with Gasteiger partial charge in [0.15, 0.2) is 0 Å². The molecule has 18 heavy (non-hydrogen) atoms. The van der Waals surface area contributed by atoms with Crippen LogP contribution in [0.5, 0.6) is 0 Å². The van der Waals surface area contributed by atoms with Gasteiger partial charge >= 0.3 is 12.5 Å². The molecule has 0 aromatic heterocycles. The van der Waals surface area contributed by atoms with Crippen molar-refractivity contribution in [3.05, 3.63) is 0 Å². The molecule has 0 saturated carbocycles. The van der Waals surface area contributed by atoms with Crippen molar-refractivity contribution < 1.29 is 22.4 Å². The molecule has 0 radical (unpaired) electrons. The summed E-state index contributed by atoms with van der Waals surface area (Å²) in [6.45, 7) is 3.23. The van der Waals surface area contributed by atoms with Gasteiger partial charge in [-0.3, -0.25) is 9.69 Å². The first-order valence-corrected chi connectivity index (χ1v) is 6.96. The van der Waals surface area contributed by atoms with Gasteiger partial charge in [0.2, 0.25) is 0 Å². The third-order valence-electron chi connectivity index (χ3n) is 2.35. The highest BCUT2D eigenvalue weighted by Gasteiger charge is 2.49. The van der Waals surface area contributed by atoms with Crippen LogP contribution in [0.2, 0.25) is 0 Å². The molecule has 0 aliphatic heterocycles. The molecule has 0 aliphatic rings. The van der Waals surface area contributed by atoms with Crippen molar-refractivity contribution in [3.63, 3.8) is 0 Å². The van der Waals surface area contributed by atoms with E-state index < -0.39 is 17.7 Å². The molecule has 2 nitrogen and oxygen atoms in total. The highest BCUT2D eigenvalue weighted by Crippen LogP contribution is 2.30. The summed E-state index contributed by atoms with van der Waals surface area (Å²) in [5.74, 6) is 0.281. The first kappa shape index (κ1) is 17.5. The Hall–Kier alpha value is -0.460. The van der Waals surface area contributed by atoms with Gasteiger partial charge in [-0.2, -0.15) is 8.78 Å². The minimum absolute atomic E-state index is 0.00148. The molecule has 0 heterocycles. The van der Waals surface area contributed by atoms with E-state index in [1.165, 1.54) is 0 Å². The Morgan fingerprint density at radius 2 is 1.83 bits per heavy atom. The Labute approximate surface area is 109 Å². The molecular formula is C11H19F4NOS. The van der Waals surface area contributed by atoms with Gasteiger partial charge < -0.3 is 0 Å². The maximum Gasteiger partial charge on any atom is 0.388 e. The average molecular weight is 289 g/mol.